The van der Waals surface area contributed by atoms with Gasteiger partial charge in [-0.3, -0.25) is 4.57 Å². The molecule has 19 heavy (non-hydrogen) atoms. The molecule has 0 aliphatic heterocycles. The monoisotopic (exact) mass is 273 g/mol. The average Bonchev–Trinajstić information content (AvgIpc) is 2.45. The van der Waals surface area contributed by atoms with E-state index in [0.717, 1.165) is 0 Å². The van der Waals surface area contributed by atoms with E-state index in [-0.39, 0.29) is 17.6 Å². The average molecular weight is 273 g/mol. The summed E-state index contributed by atoms with van der Waals surface area (Å²) < 4.78 is 11.5. The number of ether oxygens (including phenoxy) is 2. The lowest BCUT2D eigenvalue weighted by Gasteiger charge is -2.15. The summed E-state index contributed by atoms with van der Waals surface area (Å²) >= 11 is 0. The van der Waals surface area contributed by atoms with E-state index in [4.69, 9.17) is 15.2 Å². The van der Waals surface area contributed by atoms with Crippen LogP contribution in [0.2, 0.25) is 0 Å². The molecule has 1 aromatic rings. The number of hydrogen-bond donors (Lipinski definition) is 1. The van der Waals surface area contributed by atoms with Crippen LogP contribution in [0.4, 0.5) is 5.82 Å². The molecule has 0 fully saturated rings. The van der Waals surface area contributed by atoms with Crippen LogP contribution in [-0.2, 0) is 16.0 Å². The number of anilines is 1. The van der Waals surface area contributed by atoms with Crippen molar-refractivity contribution >= 4 is 5.82 Å². The minimum Gasteiger partial charge on any atom is -0.383 e. The molecule has 6 nitrogen and oxygen atoms in total. The molecule has 0 saturated heterocycles. The van der Waals surface area contributed by atoms with Gasteiger partial charge in [0.2, 0.25) is 0 Å². The quantitative estimate of drug-likeness (QED) is 0.880. The zero-order valence-corrected chi connectivity index (χ0v) is 12.8. The molecule has 1 unspecified atom stereocenters. The van der Waals surface area contributed by atoms with Crippen LogP contribution in [0, 0.1) is 0 Å². The lowest BCUT2D eigenvalue weighted by molar-refractivity contribution is 0.0176. The molecule has 0 spiro atoms. The van der Waals surface area contributed by atoms with Crippen molar-refractivity contribution in [3.05, 3.63) is 22.7 Å². The Morgan fingerprint density at radius 3 is 2.32 bits per heavy atom. The first-order chi connectivity index (χ1) is 9.17. The highest BCUT2D eigenvalue weighted by Crippen LogP contribution is 1.96. The Morgan fingerprint density at radius 1 is 1.32 bits per heavy atom. The van der Waals surface area contributed by atoms with Gasteiger partial charge in [-0.2, -0.15) is 4.98 Å². The summed E-state index contributed by atoms with van der Waals surface area (Å²) in [4.78, 5) is 15.0. The highest BCUT2D eigenvalue weighted by molar-refractivity contribution is 5.23. The van der Waals surface area contributed by atoms with Gasteiger partial charge in [-0.05, 0) is 6.07 Å². The predicted octanol–water partition coefficient (Wildman–Crippen LogP) is 1.54. The van der Waals surface area contributed by atoms with Gasteiger partial charge >= 0.3 is 5.69 Å². The van der Waals surface area contributed by atoms with Gasteiger partial charge in [-0.25, -0.2) is 4.79 Å². The SMILES string of the molecule is CC.CC.COCC(Cn1ccc(N)nc1=O)OC. The summed E-state index contributed by atoms with van der Waals surface area (Å²) in [6.07, 6.45) is 1.42. The Morgan fingerprint density at radius 2 is 1.89 bits per heavy atom. The first-order valence-electron chi connectivity index (χ1n) is 6.52. The van der Waals surface area contributed by atoms with Gasteiger partial charge in [-0.1, -0.05) is 27.7 Å². The van der Waals surface area contributed by atoms with E-state index >= 15 is 0 Å². The number of nitrogens with two attached hydrogens (primary N) is 1. The fourth-order valence-corrected chi connectivity index (χ4v) is 1.18. The van der Waals surface area contributed by atoms with Crippen molar-refractivity contribution in [1.82, 2.24) is 9.55 Å². The summed E-state index contributed by atoms with van der Waals surface area (Å²) in [5, 5.41) is 0. The molecule has 1 rings (SSSR count). The topological polar surface area (TPSA) is 79.4 Å². The summed E-state index contributed by atoms with van der Waals surface area (Å²) in [6, 6.07) is 1.57. The van der Waals surface area contributed by atoms with E-state index in [1.165, 1.54) is 4.57 Å². The highest BCUT2D eigenvalue weighted by atomic mass is 16.5. The normalized spacial score (nSPS) is 10.6. The molecule has 6 heteroatoms. The number of methoxy groups -OCH3 is 2. The van der Waals surface area contributed by atoms with E-state index in [9.17, 15) is 4.79 Å². The maximum Gasteiger partial charge on any atom is 0.349 e. The molecular formula is C13H27N3O3. The second kappa shape index (κ2) is 13.0. The van der Waals surface area contributed by atoms with Gasteiger partial charge in [0.1, 0.15) is 5.82 Å². The smallest absolute Gasteiger partial charge is 0.349 e. The Kier molecular flexibility index (Phi) is 13.7. The predicted molar refractivity (Wildman–Crippen MR) is 78.3 cm³/mol. The third-order valence-electron chi connectivity index (χ3n) is 1.98. The van der Waals surface area contributed by atoms with E-state index in [1.807, 2.05) is 27.7 Å². The first kappa shape index (κ1) is 19.9. The van der Waals surface area contributed by atoms with Crippen LogP contribution in [0.1, 0.15) is 27.7 Å². The molecule has 0 saturated carbocycles. The Balaban J connectivity index is 0. The van der Waals surface area contributed by atoms with Gasteiger partial charge in [0.15, 0.2) is 0 Å². The zero-order chi connectivity index (χ0) is 15.3. The summed E-state index contributed by atoms with van der Waals surface area (Å²) in [5.41, 5.74) is 4.99. The molecule has 0 aliphatic carbocycles. The molecule has 2 N–H and O–H groups in total. The number of hydrogen-bond acceptors (Lipinski definition) is 5. The van der Waals surface area contributed by atoms with Crippen LogP contribution in [0.15, 0.2) is 17.1 Å². The van der Waals surface area contributed by atoms with Crippen LogP contribution in [0.5, 0.6) is 0 Å². The van der Waals surface area contributed by atoms with Crippen LogP contribution >= 0.6 is 0 Å². The van der Waals surface area contributed by atoms with Crippen LogP contribution in [0.3, 0.4) is 0 Å². The van der Waals surface area contributed by atoms with E-state index in [1.54, 1.807) is 26.5 Å². The van der Waals surface area contributed by atoms with Gasteiger partial charge in [-0.15, -0.1) is 0 Å². The Bertz CT molecular complexity index is 366. The van der Waals surface area contributed by atoms with Crippen LogP contribution < -0.4 is 11.4 Å². The second-order valence-electron chi connectivity index (χ2n) is 3.10. The maximum absolute atomic E-state index is 11.4. The minimum atomic E-state index is -0.381. The minimum absolute atomic E-state index is 0.168. The fourth-order valence-electron chi connectivity index (χ4n) is 1.18. The second-order valence-corrected chi connectivity index (χ2v) is 3.10. The van der Waals surface area contributed by atoms with Gasteiger partial charge in [0.05, 0.1) is 19.3 Å². The molecule has 1 atom stereocenters. The summed E-state index contributed by atoms with van der Waals surface area (Å²) in [6.45, 7) is 8.82. The fraction of sp³-hybridized carbons (Fsp3) is 0.692. The van der Waals surface area contributed by atoms with Crippen molar-refractivity contribution in [3.8, 4) is 0 Å². The molecule has 0 amide bonds. The number of rotatable bonds is 5. The van der Waals surface area contributed by atoms with E-state index in [2.05, 4.69) is 4.98 Å². The highest BCUT2D eigenvalue weighted by Gasteiger charge is 2.09. The molecule has 1 aromatic heterocycles. The maximum atomic E-state index is 11.4. The zero-order valence-electron chi connectivity index (χ0n) is 12.8. The van der Waals surface area contributed by atoms with E-state index < -0.39 is 0 Å². The third kappa shape index (κ3) is 8.34. The van der Waals surface area contributed by atoms with Gasteiger partial charge in [0.25, 0.3) is 0 Å². The van der Waals surface area contributed by atoms with Crippen LogP contribution in [-0.4, -0.2) is 36.5 Å². The molecule has 0 aliphatic rings. The standard InChI is InChI=1S/C9H15N3O3.2C2H6/c1-14-6-7(15-2)5-12-4-3-8(10)11-9(12)13;2*1-2/h3-4,7H,5-6H2,1-2H3,(H2,10,11,13);2*1-2H3. The first-order valence-corrected chi connectivity index (χ1v) is 6.52. The summed E-state index contributed by atoms with van der Waals surface area (Å²) in [5.74, 6) is 0.219. The van der Waals surface area contributed by atoms with Crippen molar-refractivity contribution in [2.75, 3.05) is 26.6 Å². The van der Waals surface area contributed by atoms with Crippen molar-refractivity contribution in [1.29, 1.82) is 0 Å². The van der Waals surface area contributed by atoms with Crippen molar-refractivity contribution in [3.63, 3.8) is 0 Å². The molecule has 0 radical (unpaired) electrons. The number of nitrogen functional groups attached to an aromatic ring is 1. The Hall–Kier alpha value is -1.40. The van der Waals surface area contributed by atoms with Crippen molar-refractivity contribution in [2.24, 2.45) is 0 Å². The van der Waals surface area contributed by atoms with Crippen molar-refractivity contribution in [2.45, 2.75) is 40.3 Å². The molecular weight excluding hydrogens is 246 g/mol. The van der Waals surface area contributed by atoms with Crippen molar-refractivity contribution < 1.29 is 9.47 Å². The van der Waals surface area contributed by atoms with Gasteiger partial charge in [0, 0.05) is 20.4 Å². The van der Waals surface area contributed by atoms with Crippen LogP contribution in [0.25, 0.3) is 0 Å². The molecule has 0 aromatic carbocycles. The number of nitrogens with zero attached hydrogens (tertiary/aromatic N) is 2. The largest absolute Gasteiger partial charge is 0.383 e. The lowest BCUT2D eigenvalue weighted by atomic mass is 10.3. The molecule has 112 valence electrons. The van der Waals surface area contributed by atoms with Gasteiger partial charge < -0.3 is 15.2 Å². The Labute approximate surface area is 115 Å². The summed E-state index contributed by atoms with van der Waals surface area (Å²) in [7, 11) is 3.15. The third-order valence-corrected chi connectivity index (χ3v) is 1.98. The van der Waals surface area contributed by atoms with E-state index in [0.29, 0.717) is 13.2 Å². The number of aromatic nitrogens is 2. The molecule has 0 bridgehead atoms. The molecule has 1 heterocycles. The lowest BCUT2D eigenvalue weighted by Crippen LogP contribution is -2.31.